The van der Waals surface area contributed by atoms with E-state index in [1.165, 1.54) is 12.1 Å². The summed E-state index contributed by atoms with van der Waals surface area (Å²) in [6, 6.07) is 7.91. The fraction of sp³-hybridized carbons (Fsp3) is 0.400. The Balaban J connectivity index is 1.37. The van der Waals surface area contributed by atoms with E-state index in [9.17, 15) is 9.50 Å². The molecule has 36 heavy (non-hydrogen) atoms. The molecule has 1 saturated heterocycles. The van der Waals surface area contributed by atoms with Crippen LogP contribution in [-0.4, -0.2) is 81.6 Å². The Kier molecular flexibility index (Phi) is 7.12. The molecule has 1 fully saturated rings. The molecule has 10 nitrogen and oxygen atoms in total. The summed E-state index contributed by atoms with van der Waals surface area (Å²) in [4.78, 5) is 21.2. The largest absolute Gasteiger partial charge is 0.396 e. The number of aromatic nitrogens is 4. The minimum atomic E-state index is -0.719. The number of hydrogen-bond acceptors (Lipinski definition) is 8. The molecule has 0 saturated carbocycles. The predicted molar refractivity (Wildman–Crippen MR) is 133 cm³/mol. The molecule has 2 aliphatic heterocycles. The molecule has 2 aliphatic rings. The number of anilines is 1. The second kappa shape index (κ2) is 10.6. The molecule has 188 valence electrons. The zero-order chi connectivity index (χ0) is 25.0. The van der Waals surface area contributed by atoms with Crippen LogP contribution in [0.15, 0.2) is 41.5 Å². The lowest BCUT2D eigenvalue weighted by Gasteiger charge is -2.35. The lowest BCUT2D eigenvalue weighted by atomic mass is 9.94. The van der Waals surface area contributed by atoms with Crippen LogP contribution in [0, 0.1) is 11.2 Å². The number of ether oxygens (including phenoxy) is 2. The highest BCUT2D eigenvalue weighted by molar-refractivity contribution is 5.77. The summed E-state index contributed by atoms with van der Waals surface area (Å²) < 4.78 is 27.5. The first kappa shape index (κ1) is 24.2. The van der Waals surface area contributed by atoms with Gasteiger partial charge >= 0.3 is 0 Å². The maximum atomic E-state index is 13.6. The number of imidazole rings is 1. The molecular weight excluding hydrogens is 465 g/mol. The minimum Gasteiger partial charge on any atom is -0.396 e. The number of H-pyrrole nitrogens is 1. The van der Waals surface area contributed by atoms with E-state index in [2.05, 4.69) is 29.8 Å². The Bertz CT molecular complexity index is 1250. The van der Waals surface area contributed by atoms with Crippen LogP contribution in [-0.2, 0) is 9.47 Å². The molecule has 0 aliphatic carbocycles. The van der Waals surface area contributed by atoms with Gasteiger partial charge in [-0.3, -0.25) is 4.58 Å². The van der Waals surface area contributed by atoms with E-state index in [0.29, 0.717) is 48.6 Å². The van der Waals surface area contributed by atoms with Crippen LogP contribution in [0.5, 0.6) is 0 Å². The first-order valence-corrected chi connectivity index (χ1v) is 11.9. The Hall–Kier alpha value is -3.54. The smallest absolute Gasteiger partial charge is 0.281 e. The van der Waals surface area contributed by atoms with Gasteiger partial charge in [0, 0.05) is 30.1 Å². The molecule has 0 bridgehead atoms. The Morgan fingerprint density at radius 2 is 2.00 bits per heavy atom. The van der Waals surface area contributed by atoms with Crippen molar-refractivity contribution in [1.29, 1.82) is 0 Å². The first-order chi connectivity index (χ1) is 17.5. The van der Waals surface area contributed by atoms with Crippen LogP contribution < -0.4 is 5.32 Å². The fourth-order valence-corrected chi connectivity index (χ4v) is 3.95. The van der Waals surface area contributed by atoms with E-state index in [1.807, 2.05) is 19.5 Å². The average Bonchev–Trinajstić information content (AvgIpc) is 3.58. The molecule has 0 amide bonds. The molecule has 11 heteroatoms. The molecule has 4 heterocycles. The molecule has 2 aromatic heterocycles. The van der Waals surface area contributed by atoms with Crippen LogP contribution in [0.1, 0.15) is 25.5 Å². The number of nitrogens with one attached hydrogen (secondary N) is 2. The quantitative estimate of drug-likeness (QED) is 0.309. The predicted octanol–water partition coefficient (Wildman–Crippen LogP) is 2.64. The summed E-state index contributed by atoms with van der Waals surface area (Å²) in [5.41, 5.74) is 2.14. The van der Waals surface area contributed by atoms with E-state index in [0.717, 1.165) is 25.1 Å². The van der Waals surface area contributed by atoms with Gasteiger partial charge in [0.1, 0.15) is 12.4 Å². The normalized spacial score (nSPS) is 21.5. The van der Waals surface area contributed by atoms with Gasteiger partial charge in [-0.2, -0.15) is 0 Å². The molecule has 5 rings (SSSR count). The summed E-state index contributed by atoms with van der Waals surface area (Å²) in [6.07, 6.45) is 5.59. The third-order valence-corrected chi connectivity index (χ3v) is 6.08. The van der Waals surface area contributed by atoms with Gasteiger partial charge in [0.25, 0.3) is 6.34 Å². The van der Waals surface area contributed by atoms with E-state index in [-0.39, 0.29) is 12.4 Å². The number of aromatic amines is 1. The SMILES string of the molecule is CC1(CO)COC(c2nc(-c3ccc(F)cc3)c(-c3ccnc(NCCC[N+]4=CN=CC4)n3)[nH]2)OC1. The van der Waals surface area contributed by atoms with Crippen molar-refractivity contribution in [2.45, 2.75) is 19.6 Å². The van der Waals surface area contributed by atoms with Crippen molar-refractivity contribution in [1.82, 2.24) is 19.9 Å². The van der Waals surface area contributed by atoms with Crippen LogP contribution in [0.4, 0.5) is 10.3 Å². The van der Waals surface area contributed by atoms with Crippen molar-refractivity contribution < 1.29 is 23.5 Å². The van der Waals surface area contributed by atoms with E-state index >= 15 is 0 Å². The number of aliphatic hydroxyl groups excluding tert-OH is 1. The van der Waals surface area contributed by atoms with Gasteiger partial charge in [-0.25, -0.2) is 19.3 Å². The van der Waals surface area contributed by atoms with E-state index < -0.39 is 11.7 Å². The van der Waals surface area contributed by atoms with Gasteiger partial charge in [0.15, 0.2) is 12.0 Å². The van der Waals surface area contributed by atoms with Crippen molar-refractivity contribution in [2.24, 2.45) is 10.4 Å². The zero-order valence-electron chi connectivity index (χ0n) is 20.0. The highest BCUT2D eigenvalue weighted by Crippen LogP contribution is 2.35. The third kappa shape index (κ3) is 5.48. The number of rotatable bonds is 9. The molecule has 0 radical (unpaired) electrons. The zero-order valence-corrected chi connectivity index (χ0v) is 20.0. The topological polar surface area (TPSA) is 121 Å². The molecule has 0 atom stereocenters. The molecule has 1 aromatic carbocycles. The third-order valence-electron chi connectivity index (χ3n) is 6.08. The number of halogens is 1. The van der Waals surface area contributed by atoms with Crippen molar-refractivity contribution in [3.05, 3.63) is 48.2 Å². The summed E-state index contributed by atoms with van der Waals surface area (Å²) >= 11 is 0. The van der Waals surface area contributed by atoms with Crippen molar-refractivity contribution in [2.75, 3.05) is 44.8 Å². The number of aliphatic imine (C=N–C) groups is 1. The van der Waals surface area contributed by atoms with Gasteiger partial charge < -0.3 is 24.9 Å². The van der Waals surface area contributed by atoms with Gasteiger partial charge in [-0.05, 0) is 30.3 Å². The van der Waals surface area contributed by atoms with Crippen molar-refractivity contribution >= 4 is 18.5 Å². The second-order valence-corrected chi connectivity index (χ2v) is 9.26. The second-order valence-electron chi connectivity index (χ2n) is 9.26. The van der Waals surface area contributed by atoms with E-state index in [1.54, 1.807) is 24.4 Å². The number of nitrogens with zero attached hydrogens (tertiary/aromatic N) is 5. The first-order valence-electron chi connectivity index (χ1n) is 11.9. The Morgan fingerprint density at radius 1 is 1.19 bits per heavy atom. The maximum Gasteiger partial charge on any atom is 0.281 e. The minimum absolute atomic E-state index is 0.0370. The highest BCUT2D eigenvalue weighted by Gasteiger charge is 2.34. The lowest BCUT2D eigenvalue weighted by Crippen LogP contribution is -2.39. The van der Waals surface area contributed by atoms with Gasteiger partial charge in [-0.1, -0.05) is 11.9 Å². The summed E-state index contributed by atoms with van der Waals surface area (Å²) in [5, 5.41) is 12.9. The summed E-state index contributed by atoms with van der Waals surface area (Å²) in [6.45, 7) is 4.96. The van der Waals surface area contributed by atoms with Gasteiger partial charge in [0.2, 0.25) is 12.2 Å². The molecule has 3 N–H and O–H groups in total. The lowest BCUT2D eigenvalue weighted by molar-refractivity contribution is -0.504. The fourth-order valence-electron chi connectivity index (χ4n) is 3.95. The van der Waals surface area contributed by atoms with Crippen molar-refractivity contribution in [3.8, 4) is 22.6 Å². The van der Waals surface area contributed by atoms with Crippen LogP contribution >= 0.6 is 0 Å². The Labute approximate surface area is 208 Å². The maximum absolute atomic E-state index is 13.6. The standard InChI is InChI=1S/C25H29FN7O3/c1-25(13-34)14-35-23(36-15-25)22-31-20(17-3-5-18(26)6-4-17)21(32-22)19-7-9-29-24(30-19)28-8-2-11-33-12-10-27-16-33/h3-7,9-10,16,23,34H,2,8,11-15H2,1H3,(H,31,32)(H,28,29,30)/q+1. The molecule has 0 unspecified atom stereocenters. The van der Waals surface area contributed by atoms with E-state index in [4.69, 9.17) is 14.5 Å². The van der Waals surface area contributed by atoms with Crippen molar-refractivity contribution in [3.63, 3.8) is 0 Å². The van der Waals surface area contributed by atoms with Crippen LogP contribution in [0.3, 0.4) is 0 Å². The molecule has 0 spiro atoms. The highest BCUT2D eigenvalue weighted by atomic mass is 19.1. The number of hydrogen-bond donors (Lipinski definition) is 3. The Morgan fingerprint density at radius 3 is 2.72 bits per heavy atom. The summed E-state index contributed by atoms with van der Waals surface area (Å²) in [5.74, 6) is 0.644. The van der Waals surface area contributed by atoms with Crippen LogP contribution in [0.2, 0.25) is 0 Å². The van der Waals surface area contributed by atoms with Gasteiger partial charge in [0.05, 0.1) is 43.4 Å². The van der Waals surface area contributed by atoms with Crippen LogP contribution in [0.25, 0.3) is 22.6 Å². The molecule has 3 aromatic rings. The summed E-state index contributed by atoms with van der Waals surface area (Å²) in [7, 11) is 0. The molecular formula is C25H29FN7O3+. The number of aliphatic hydroxyl groups is 1. The van der Waals surface area contributed by atoms with Gasteiger partial charge in [-0.15, -0.1) is 0 Å². The monoisotopic (exact) mass is 494 g/mol. The average molecular weight is 495 g/mol. The number of benzene rings is 1.